The van der Waals surface area contributed by atoms with Crippen molar-refractivity contribution in [3.8, 4) is 5.69 Å². The number of hydrogen-bond donors (Lipinski definition) is 1. The summed E-state index contributed by atoms with van der Waals surface area (Å²) in [5.41, 5.74) is 3.19. The lowest BCUT2D eigenvalue weighted by molar-refractivity contribution is -0.126. The van der Waals surface area contributed by atoms with Gasteiger partial charge in [0.25, 0.3) is 0 Å². The summed E-state index contributed by atoms with van der Waals surface area (Å²) in [6.07, 6.45) is 3.81. The molecule has 3 aromatic rings. The van der Waals surface area contributed by atoms with Crippen LogP contribution in [0.1, 0.15) is 69.4 Å². The van der Waals surface area contributed by atoms with Crippen LogP contribution in [0.4, 0.5) is 0 Å². The van der Waals surface area contributed by atoms with Crippen molar-refractivity contribution in [2.24, 2.45) is 5.92 Å². The zero-order valence-corrected chi connectivity index (χ0v) is 22.5. The summed E-state index contributed by atoms with van der Waals surface area (Å²) in [5, 5.41) is 13.9. The largest absolute Gasteiger partial charge is 0.346 e. The highest BCUT2D eigenvalue weighted by molar-refractivity contribution is 7.98. The van der Waals surface area contributed by atoms with Crippen LogP contribution in [0.25, 0.3) is 5.69 Å². The molecule has 0 fully saturated rings. The molecule has 5 nitrogen and oxygen atoms in total. The lowest BCUT2D eigenvalue weighted by atomic mass is 9.98. The van der Waals surface area contributed by atoms with Gasteiger partial charge in [-0.05, 0) is 56.0 Å². The molecule has 1 amide bonds. The van der Waals surface area contributed by atoms with Crippen molar-refractivity contribution in [1.29, 1.82) is 0 Å². The lowest BCUT2D eigenvalue weighted by Crippen LogP contribution is -2.33. The second kappa shape index (κ2) is 12.6. The number of halogens is 2. The van der Waals surface area contributed by atoms with Crippen LogP contribution in [0.15, 0.2) is 47.6 Å². The van der Waals surface area contributed by atoms with Crippen molar-refractivity contribution in [1.82, 2.24) is 20.1 Å². The SMILES string of the molecule is CCCCC(CC)C(=O)NC(C)c1nnc(SCc2ccccc2C)n1-c1ccc(Cl)cc1Cl. The van der Waals surface area contributed by atoms with E-state index in [4.69, 9.17) is 23.2 Å². The number of thioether (sulfide) groups is 1. The Labute approximate surface area is 216 Å². The smallest absolute Gasteiger partial charge is 0.223 e. The van der Waals surface area contributed by atoms with Crippen LogP contribution in [0.2, 0.25) is 10.0 Å². The van der Waals surface area contributed by atoms with Crippen molar-refractivity contribution < 1.29 is 4.79 Å². The second-order valence-electron chi connectivity index (χ2n) is 8.46. The van der Waals surface area contributed by atoms with E-state index in [0.717, 1.165) is 37.1 Å². The number of hydrogen-bond acceptors (Lipinski definition) is 4. The zero-order valence-electron chi connectivity index (χ0n) is 20.1. The Morgan fingerprint density at radius 3 is 2.59 bits per heavy atom. The van der Waals surface area contributed by atoms with E-state index in [2.05, 4.69) is 48.4 Å². The van der Waals surface area contributed by atoms with Crippen molar-refractivity contribution in [2.75, 3.05) is 0 Å². The van der Waals surface area contributed by atoms with Gasteiger partial charge in [0, 0.05) is 16.7 Å². The fraction of sp³-hybridized carbons (Fsp3) is 0.423. The average molecular weight is 520 g/mol. The number of carbonyl (C=O) groups is 1. The van der Waals surface area contributed by atoms with Gasteiger partial charge in [0.05, 0.1) is 16.8 Å². The van der Waals surface area contributed by atoms with Crippen LogP contribution in [-0.4, -0.2) is 20.7 Å². The molecule has 2 unspecified atom stereocenters. The molecule has 2 aromatic carbocycles. The molecule has 8 heteroatoms. The van der Waals surface area contributed by atoms with Gasteiger partial charge in [0.1, 0.15) is 0 Å². The lowest BCUT2D eigenvalue weighted by Gasteiger charge is -2.20. The van der Waals surface area contributed by atoms with Crippen LogP contribution in [0.3, 0.4) is 0 Å². The molecule has 0 spiro atoms. The monoisotopic (exact) mass is 518 g/mol. The van der Waals surface area contributed by atoms with Gasteiger partial charge < -0.3 is 5.32 Å². The number of aromatic nitrogens is 3. The number of rotatable bonds is 11. The van der Waals surface area contributed by atoms with Crippen molar-refractivity contribution >= 4 is 40.9 Å². The molecule has 0 bridgehead atoms. The number of aryl methyl sites for hydroxylation is 1. The quantitative estimate of drug-likeness (QED) is 0.266. The minimum atomic E-state index is -0.338. The first-order valence-electron chi connectivity index (χ1n) is 11.7. The first kappa shape index (κ1) is 26.6. The molecule has 0 radical (unpaired) electrons. The fourth-order valence-electron chi connectivity index (χ4n) is 3.83. The maximum atomic E-state index is 13.0. The maximum Gasteiger partial charge on any atom is 0.223 e. The van der Waals surface area contributed by atoms with Gasteiger partial charge in [-0.15, -0.1) is 10.2 Å². The molecule has 1 heterocycles. The highest BCUT2D eigenvalue weighted by atomic mass is 35.5. The van der Waals surface area contributed by atoms with E-state index in [1.807, 2.05) is 29.7 Å². The van der Waals surface area contributed by atoms with Crippen molar-refractivity contribution in [3.63, 3.8) is 0 Å². The molecule has 1 N–H and O–H groups in total. The fourth-order valence-corrected chi connectivity index (χ4v) is 5.35. The minimum Gasteiger partial charge on any atom is -0.346 e. The van der Waals surface area contributed by atoms with E-state index in [-0.39, 0.29) is 17.9 Å². The molecule has 182 valence electrons. The predicted octanol–water partition coefficient (Wildman–Crippen LogP) is 7.57. The van der Waals surface area contributed by atoms with E-state index in [1.54, 1.807) is 23.9 Å². The van der Waals surface area contributed by atoms with Crippen LogP contribution >= 0.6 is 35.0 Å². The standard InChI is InChI=1S/C26H32Cl2N4OS/c1-5-7-11-19(6-2)25(33)29-18(4)24-30-31-26(34-16-20-12-9-8-10-17(20)3)32(24)23-14-13-21(27)15-22(23)28/h8-10,12-15,18-19H,5-7,11,16H2,1-4H3,(H,29,33). The normalized spacial score (nSPS) is 13.0. The summed E-state index contributed by atoms with van der Waals surface area (Å²) in [6.45, 7) is 8.23. The number of benzene rings is 2. The van der Waals surface area contributed by atoms with Crippen LogP contribution in [-0.2, 0) is 10.5 Å². The molecule has 2 atom stereocenters. The first-order chi connectivity index (χ1) is 16.3. The molecule has 34 heavy (non-hydrogen) atoms. The summed E-state index contributed by atoms with van der Waals surface area (Å²) in [4.78, 5) is 13.0. The molecule has 1 aromatic heterocycles. The highest BCUT2D eigenvalue weighted by Gasteiger charge is 2.25. The number of nitrogens with zero attached hydrogens (tertiary/aromatic N) is 3. The van der Waals surface area contributed by atoms with Crippen LogP contribution in [0, 0.1) is 12.8 Å². The van der Waals surface area contributed by atoms with Gasteiger partial charge in [0.2, 0.25) is 5.91 Å². The van der Waals surface area contributed by atoms with Crippen LogP contribution in [0.5, 0.6) is 0 Å². The Morgan fingerprint density at radius 2 is 1.91 bits per heavy atom. The van der Waals surface area contributed by atoms with Gasteiger partial charge >= 0.3 is 0 Å². The summed E-state index contributed by atoms with van der Waals surface area (Å²) < 4.78 is 1.93. The summed E-state index contributed by atoms with van der Waals surface area (Å²) in [6, 6.07) is 13.3. The van der Waals surface area contributed by atoms with E-state index in [0.29, 0.717) is 21.0 Å². The summed E-state index contributed by atoms with van der Waals surface area (Å²) >= 11 is 14.3. The topological polar surface area (TPSA) is 59.8 Å². The molecule has 3 rings (SSSR count). The molecule has 0 saturated carbocycles. The Morgan fingerprint density at radius 1 is 1.15 bits per heavy atom. The Balaban J connectivity index is 1.92. The molecule has 0 aliphatic heterocycles. The van der Waals surface area contributed by atoms with Gasteiger partial charge in [-0.1, -0.05) is 85.9 Å². The van der Waals surface area contributed by atoms with Crippen LogP contribution < -0.4 is 5.32 Å². The minimum absolute atomic E-state index is 0.00667. The maximum absolute atomic E-state index is 13.0. The van der Waals surface area contributed by atoms with E-state index in [9.17, 15) is 4.79 Å². The highest BCUT2D eigenvalue weighted by Crippen LogP contribution is 2.32. The first-order valence-corrected chi connectivity index (χ1v) is 13.5. The third-order valence-electron chi connectivity index (χ3n) is 5.94. The summed E-state index contributed by atoms with van der Waals surface area (Å²) in [5.74, 6) is 1.42. The van der Waals surface area contributed by atoms with Gasteiger partial charge in [-0.25, -0.2) is 0 Å². The summed E-state index contributed by atoms with van der Waals surface area (Å²) in [7, 11) is 0. The van der Waals surface area contributed by atoms with E-state index in [1.165, 1.54) is 11.1 Å². The Kier molecular flexibility index (Phi) is 9.86. The molecular weight excluding hydrogens is 487 g/mol. The average Bonchev–Trinajstić information content (AvgIpc) is 3.23. The predicted molar refractivity (Wildman–Crippen MR) is 142 cm³/mol. The second-order valence-corrected chi connectivity index (χ2v) is 10.3. The number of carbonyl (C=O) groups excluding carboxylic acids is 1. The van der Waals surface area contributed by atoms with Gasteiger partial charge in [-0.2, -0.15) is 0 Å². The van der Waals surface area contributed by atoms with Gasteiger partial charge in [0.15, 0.2) is 11.0 Å². The number of amides is 1. The third-order valence-corrected chi connectivity index (χ3v) is 7.46. The number of unbranched alkanes of at least 4 members (excludes halogenated alkanes) is 1. The van der Waals surface area contributed by atoms with E-state index >= 15 is 0 Å². The zero-order chi connectivity index (χ0) is 24.7. The molecule has 0 aliphatic rings. The molecular formula is C26H32Cl2N4OS. The Hall–Kier alpha value is -2.02. The molecule has 0 saturated heterocycles. The van der Waals surface area contributed by atoms with Crippen molar-refractivity contribution in [2.45, 2.75) is 70.3 Å². The Bertz CT molecular complexity index is 1120. The molecule has 0 aliphatic carbocycles. The number of nitrogens with one attached hydrogen (secondary N) is 1. The van der Waals surface area contributed by atoms with E-state index < -0.39 is 0 Å². The third kappa shape index (κ3) is 6.55. The van der Waals surface area contributed by atoms with Crippen molar-refractivity contribution in [3.05, 3.63) is 69.5 Å². The van der Waals surface area contributed by atoms with Gasteiger partial charge in [-0.3, -0.25) is 9.36 Å².